The van der Waals surface area contributed by atoms with E-state index in [1.165, 1.54) is 28.8 Å². The SMILES string of the molecule is COCCNCc1ccc(N2CC(C)C(C)C2)cc1Br. The smallest absolute Gasteiger partial charge is 0.0587 e. The lowest BCUT2D eigenvalue weighted by Gasteiger charge is -2.19. The highest BCUT2D eigenvalue weighted by Gasteiger charge is 2.26. The van der Waals surface area contributed by atoms with Gasteiger partial charge in [0, 0.05) is 43.4 Å². The zero-order valence-electron chi connectivity index (χ0n) is 12.7. The van der Waals surface area contributed by atoms with E-state index in [9.17, 15) is 0 Å². The number of anilines is 1. The summed E-state index contributed by atoms with van der Waals surface area (Å²) in [5.41, 5.74) is 2.62. The molecule has 112 valence electrons. The van der Waals surface area contributed by atoms with Crippen molar-refractivity contribution < 1.29 is 4.74 Å². The van der Waals surface area contributed by atoms with Crippen molar-refractivity contribution in [3.8, 4) is 0 Å². The second-order valence-corrected chi connectivity index (χ2v) is 6.66. The number of ether oxygens (including phenoxy) is 1. The topological polar surface area (TPSA) is 24.5 Å². The van der Waals surface area contributed by atoms with Crippen LogP contribution in [0.3, 0.4) is 0 Å². The summed E-state index contributed by atoms with van der Waals surface area (Å²) in [7, 11) is 1.73. The van der Waals surface area contributed by atoms with Crippen molar-refractivity contribution >= 4 is 21.6 Å². The van der Waals surface area contributed by atoms with E-state index in [-0.39, 0.29) is 0 Å². The number of hydrogen-bond acceptors (Lipinski definition) is 3. The third-order valence-electron chi connectivity index (χ3n) is 4.19. The van der Waals surface area contributed by atoms with Gasteiger partial charge in [0.1, 0.15) is 0 Å². The lowest BCUT2D eigenvalue weighted by molar-refractivity contribution is 0.199. The van der Waals surface area contributed by atoms with Crippen molar-refractivity contribution in [3.63, 3.8) is 0 Å². The Bertz CT molecular complexity index is 428. The summed E-state index contributed by atoms with van der Waals surface area (Å²) in [5.74, 6) is 1.56. The van der Waals surface area contributed by atoms with Gasteiger partial charge < -0.3 is 15.0 Å². The number of halogens is 1. The summed E-state index contributed by atoms with van der Waals surface area (Å²) in [5, 5.41) is 3.38. The second-order valence-electron chi connectivity index (χ2n) is 5.80. The Kier molecular flexibility index (Phi) is 5.87. The maximum Gasteiger partial charge on any atom is 0.0587 e. The highest BCUT2D eigenvalue weighted by atomic mass is 79.9. The van der Waals surface area contributed by atoms with Gasteiger partial charge in [-0.15, -0.1) is 0 Å². The van der Waals surface area contributed by atoms with Crippen molar-refractivity contribution in [1.29, 1.82) is 0 Å². The maximum absolute atomic E-state index is 5.04. The average Bonchev–Trinajstić information content (AvgIpc) is 2.76. The average molecular weight is 341 g/mol. The molecule has 2 rings (SSSR count). The first kappa shape index (κ1) is 15.8. The van der Waals surface area contributed by atoms with E-state index in [1.807, 2.05) is 0 Å². The molecule has 0 amide bonds. The Labute approximate surface area is 130 Å². The number of benzene rings is 1. The highest BCUT2D eigenvalue weighted by Crippen LogP contribution is 2.30. The number of methoxy groups -OCH3 is 1. The molecule has 0 aliphatic carbocycles. The van der Waals surface area contributed by atoms with Gasteiger partial charge in [0.2, 0.25) is 0 Å². The molecule has 0 saturated carbocycles. The van der Waals surface area contributed by atoms with Crippen molar-refractivity contribution in [2.24, 2.45) is 11.8 Å². The summed E-state index contributed by atoms with van der Waals surface area (Å²) in [6, 6.07) is 6.70. The van der Waals surface area contributed by atoms with Gasteiger partial charge in [-0.25, -0.2) is 0 Å². The molecule has 1 saturated heterocycles. The molecule has 4 heteroatoms. The molecule has 0 spiro atoms. The van der Waals surface area contributed by atoms with Crippen LogP contribution < -0.4 is 10.2 Å². The summed E-state index contributed by atoms with van der Waals surface area (Å²) in [6.45, 7) is 9.52. The van der Waals surface area contributed by atoms with E-state index in [4.69, 9.17) is 4.74 Å². The van der Waals surface area contributed by atoms with Gasteiger partial charge in [-0.2, -0.15) is 0 Å². The molecule has 1 fully saturated rings. The second kappa shape index (κ2) is 7.43. The van der Waals surface area contributed by atoms with Crippen LogP contribution in [0.4, 0.5) is 5.69 Å². The first-order valence-corrected chi connectivity index (χ1v) is 8.14. The molecule has 2 atom stereocenters. The van der Waals surface area contributed by atoms with Gasteiger partial charge in [0.05, 0.1) is 6.61 Å². The van der Waals surface area contributed by atoms with Gasteiger partial charge in [-0.1, -0.05) is 35.8 Å². The molecule has 0 radical (unpaired) electrons. The minimum absolute atomic E-state index is 0.749. The molecular formula is C16H25BrN2O. The molecule has 20 heavy (non-hydrogen) atoms. The van der Waals surface area contributed by atoms with E-state index in [1.54, 1.807) is 7.11 Å². The van der Waals surface area contributed by atoms with E-state index >= 15 is 0 Å². The largest absolute Gasteiger partial charge is 0.383 e. The minimum atomic E-state index is 0.749. The van der Waals surface area contributed by atoms with Gasteiger partial charge in [-0.3, -0.25) is 0 Å². The van der Waals surface area contributed by atoms with Crippen molar-refractivity contribution in [1.82, 2.24) is 5.32 Å². The Morgan fingerprint density at radius 2 is 2.00 bits per heavy atom. The molecule has 2 unspecified atom stereocenters. The number of rotatable bonds is 6. The maximum atomic E-state index is 5.04. The van der Waals surface area contributed by atoms with E-state index in [0.29, 0.717) is 0 Å². The summed E-state index contributed by atoms with van der Waals surface area (Å²) >= 11 is 3.70. The molecule has 1 N–H and O–H groups in total. The molecule has 3 nitrogen and oxygen atoms in total. The Hall–Kier alpha value is -0.580. The fourth-order valence-corrected chi connectivity index (χ4v) is 3.12. The van der Waals surface area contributed by atoms with Crippen LogP contribution in [0.1, 0.15) is 19.4 Å². The van der Waals surface area contributed by atoms with Crippen molar-refractivity contribution in [3.05, 3.63) is 28.2 Å². The van der Waals surface area contributed by atoms with Gasteiger partial charge >= 0.3 is 0 Å². The Balaban J connectivity index is 1.95. The third kappa shape index (κ3) is 3.96. The zero-order valence-corrected chi connectivity index (χ0v) is 14.2. The first-order chi connectivity index (χ1) is 9.61. The zero-order chi connectivity index (χ0) is 14.5. The molecule has 1 aliphatic heterocycles. The summed E-state index contributed by atoms with van der Waals surface area (Å²) < 4.78 is 6.22. The van der Waals surface area contributed by atoms with Crippen molar-refractivity contribution in [2.75, 3.05) is 38.3 Å². The number of nitrogens with zero attached hydrogens (tertiary/aromatic N) is 1. The monoisotopic (exact) mass is 340 g/mol. The van der Waals surface area contributed by atoms with Crippen LogP contribution in [0, 0.1) is 11.8 Å². The minimum Gasteiger partial charge on any atom is -0.383 e. The highest BCUT2D eigenvalue weighted by molar-refractivity contribution is 9.10. The molecular weight excluding hydrogens is 316 g/mol. The molecule has 1 heterocycles. The Morgan fingerprint density at radius 3 is 2.60 bits per heavy atom. The van der Waals surface area contributed by atoms with Gasteiger partial charge in [0.25, 0.3) is 0 Å². The lowest BCUT2D eigenvalue weighted by atomic mass is 10.0. The molecule has 1 aromatic rings. The van der Waals surface area contributed by atoms with Gasteiger partial charge in [-0.05, 0) is 29.5 Å². The third-order valence-corrected chi connectivity index (χ3v) is 4.93. The summed E-state index contributed by atoms with van der Waals surface area (Å²) in [4.78, 5) is 2.49. The molecule has 1 aliphatic rings. The predicted octanol–water partition coefficient (Wildman–Crippen LogP) is 3.28. The predicted molar refractivity (Wildman–Crippen MR) is 88.3 cm³/mol. The van der Waals surface area contributed by atoms with Crippen molar-refractivity contribution in [2.45, 2.75) is 20.4 Å². The van der Waals surface area contributed by atoms with E-state index in [2.05, 4.69) is 58.2 Å². The van der Waals surface area contributed by atoms with Crippen LogP contribution in [-0.4, -0.2) is 33.4 Å². The fraction of sp³-hybridized carbons (Fsp3) is 0.625. The fourth-order valence-electron chi connectivity index (χ4n) is 2.61. The van der Waals surface area contributed by atoms with Crippen LogP contribution in [0.25, 0.3) is 0 Å². The normalized spacial score (nSPS) is 22.5. The van der Waals surface area contributed by atoms with Crippen LogP contribution in [0.5, 0.6) is 0 Å². The molecule has 0 bridgehead atoms. The first-order valence-electron chi connectivity index (χ1n) is 7.35. The van der Waals surface area contributed by atoms with Crippen LogP contribution in [0.2, 0.25) is 0 Å². The Morgan fingerprint density at radius 1 is 1.30 bits per heavy atom. The van der Waals surface area contributed by atoms with Crippen LogP contribution in [0.15, 0.2) is 22.7 Å². The van der Waals surface area contributed by atoms with E-state index in [0.717, 1.165) is 31.5 Å². The number of nitrogens with one attached hydrogen (secondary N) is 1. The standard InChI is InChI=1S/C16H25BrN2O/c1-12-10-19(11-13(12)2)15-5-4-14(16(17)8-15)9-18-6-7-20-3/h4-5,8,12-13,18H,6-7,9-11H2,1-3H3. The number of hydrogen-bond donors (Lipinski definition) is 1. The quantitative estimate of drug-likeness (QED) is 0.804. The lowest BCUT2D eigenvalue weighted by Crippen LogP contribution is -2.20. The van der Waals surface area contributed by atoms with E-state index < -0.39 is 0 Å². The summed E-state index contributed by atoms with van der Waals surface area (Å²) in [6.07, 6.45) is 0. The molecule has 0 aromatic heterocycles. The van der Waals surface area contributed by atoms with Crippen LogP contribution in [-0.2, 0) is 11.3 Å². The molecule has 1 aromatic carbocycles. The van der Waals surface area contributed by atoms with Crippen LogP contribution >= 0.6 is 15.9 Å². The van der Waals surface area contributed by atoms with Gasteiger partial charge in [0.15, 0.2) is 0 Å².